The Morgan fingerprint density at radius 1 is 1.33 bits per heavy atom. The van der Waals surface area contributed by atoms with Gasteiger partial charge in [-0.25, -0.2) is 9.59 Å². The molecular weight excluding hydrogens is 340 g/mol. The van der Waals surface area contributed by atoms with Gasteiger partial charge in [-0.05, 0) is 24.5 Å². The fourth-order valence-electron chi connectivity index (χ4n) is 1.77. The first-order chi connectivity index (χ1) is 9.81. The molecule has 21 heavy (non-hydrogen) atoms. The second-order valence-corrected chi connectivity index (χ2v) is 5.91. The maximum absolute atomic E-state index is 11.9. The molecule has 1 atom stereocenters. The molecule has 0 bridgehead atoms. The van der Waals surface area contributed by atoms with Crippen molar-refractivity contribution in [2.75, 3.05) is 12.4 Å². The van der Waals surface area contributed by atoms with Crippen LogP contribution in [0.4, 0.5) is 10.5 Å². The number of rotatable bonds is 6. The highest BCUT2D eigenvalue weighted by molar-refractivity contribution is 9.10. The zero-order valence-electron chi connectivity index (χ0n) is 12.1. The van der Waals surface area contributed by atoms with E-state index in [1.165, 1.54) is 7.11 Å². The van der Waals surface area contributed by atoms with E-state index in [1.54, 1.807) is 18.2 Å². The van der Waals surface area contributed by atoms with Crippen LogP contribution in [0.5, 0.6) is 5.75 Å². The Morgan fingerprint density at radius 2 is 2.00 bits per heavy atom. The van der Waals surface area contributed by atoms with Gasteiger partial charge in [0.2, 0.25) is 0 Å². The SMILES string of the molecule is COc1cc(Br)cc(NC(=O)N[C@H](CC(C)C)C(=O)O)c1. The molecular formula is C14H19BrN2O4. The lowest BCUT2D eigenvalue weighted by molar-refractivity contribution is -0.139. The molecule has 3 N–H and O–H groups in total. The summed E-state index contributed by atoms with van der Waals surface area (Å²) in [6.07, 6.45) is 0.366. The Balaban J connectivity index is 2.71. The van der Waals surface area contributed by atoms with Gasteiger partial charge in [-0.2, -0.15) is 0 Å². The monoisotopic (exact) mass is 358 g/mol. The zero-order valence-corrected chi connectivity index (χ0v) is 13.7. The first-order valence-electron chi connectivity index (χ1n) is 6.46. The zero-order chi connectivity index (χ0) is 16.0. The van der Waals surface area contributed by atoms with Crippen molar-refractivity contribution >= 4 is 33.6 Å². The number of carbonyl (C=O) groups excluding carboxylic acids is 1. The maximum atomic E-state index is 11.9. The van der Waals surface area contributed by atoms with Crippen molar-refractivity contribution < 1.29 is 19.4 Å². The van der Waals surface area contributed by atoms with Gasteiger partial charge in [0.1, 0.15) is 11.8 Å². The van der Waals surface area contributed by atoms with Crippen molar-refractivity contribution in [2.45, 2.75) is 26.3 Å². The number of anilines is 1. The molecule has 116 valence electrons. The summed E-state index contributed by atoms with van der Waals surface area (Å²) in [5, 5.41) is 14.1. The Kier molecular flexibility index (Phi) is 6.48. The predicted octanol–water partition coefficient (Wildman–Crippen LogP) is 3.08. The van der Waals surface area contributed by atoms with Crippen molar-refractivity contribution in [1.29, 1.82) is 0 Å². The molecule has 0 aliphatic carbocycles. The minimum atomic E-state index is -1.05. The first-order valence-corrected chi connectivity index (χ1v) is 7.26. The van der Waals surface area contributed by atoms with Crippen LogP contribution in [-0.4, -0.2) is 30.3 Å². The molecule has 0 spiro atoms. The molecule has 1 rings (SSSR count). The lowest BCUT2D eigenvalue weighted by atomic mass is 10.0. The fraction of sp³-hybridized carbons (Fsp3) is 0.429. The second kappa shape index (κ2) is 7.87. The molecule has 0 aromatic heterocycles. The summed E-state index contributed by atoms with van der Waals surface area (Å²) in [5.74, 6) is -0.306. The number of benzene rings is 1. The minimum absolute atomic E-state index is 0.164. The van der Waals surface area contributed by atoms with E-state index in [1.807, 2.05) is 13.8 Å². The van der Waals surface area contributed by atoms with Gasteiger partial charge in [0, 0.05) is 16.2 Å². The van der Waals surface area contributed by atoms with Crippen LogP contribution in [0.25, 0.3) is 0 Å². The number of amides is 2. The van der Waals surface area contributed by atoms with E-state index in [2.05, 4.69) is 26.6 Å². The summed E-state index contributed by atoms with van der Waals surface area (Å²) in [4.78, 5) is 23.0. The summed E-state index contributed by atoms with van der Waals surface area (Å²) in [5.41, 5.74) is 0.507. The second-order valence-electron chi connectivity index (χ2n) is 5.00. The van der Waals surface area contributed by atoms with Crippen LogP contribution in [0.2, 0.25) is 0 Å². The Bertz CT molecular complexity index is 520. The van der Waals surface area contributed by atoms with Gasteiger partial charge in [0.05, 0.1) is 7.11 Å². The molecule has 0 aliphatic rings. The topological polar surface area (TPSA) is 87.7 Å². The first kappa shape index (κ1) is 17.3. The lowest BCUT2D eigenvalue weighted by Crippen LogP contribution is -2.43. The molecule has 0 unspecified atom stereocenters. The molecule has 0 fully saturated rings. The minimum Gasteiger partial charge on any atom is -0.497 e. The number of carbonyl (C=O) groups is 2. The quantitative estimate of drug-likeness (QED) is 0.728. The molecule has 1 aromatic rings. The molecule has 0 saturated carbocycles. The van der Waals surface area contributed by atoms with E-state index in [0.717, 1.165) is 4.47 Å². The van der Waals surface area contributed by atoms with Crippen LogP contribution < -0.4 is 15.4 Å². The Morgan fingerprint density at radius 3 is 2.52 bits per heavy atom. The maximum Gasteiger partial charge on any atom is 0.326 e. The highest BCUT2D eigenvalue weighted by Crippen LogP contribution is 2.24. The summed E-state index contributed by atoms with van der Waals surface area (Å²) in [6.45, 7) is 3.80. The van der Waals surface area contributed by atoms with E-state index in [9.17, 15) is 9.59 Å². The van der Waals surface area contributed by atoms with Gasteiger partial charge in [-0.15, -0.1) is 0 Å². The predicted molar refractivity (Wildman–Crippen MR) is 83.7 cm³/mol. The Hall–Kier alpha value is -1.76. The number of urea groups is 1. The number of nitrogens with one attached hydrogen (secondary N) is 2. The normalized spacial score (nSPS) is 11.9. The third-order valence-electron chi connectivity index (χ3n) is 2.68. The summed E-state index contributed by atoms with van der Waals surface area (Å²) in [6, 6.07) is 3.60. The number of aliphatic carboxylic acids is 1. The molecule has 0 aliphatic heterocycles. The number of methoxy groups -OCH3 is 1. The van der Waals surface area contributed by atoms with Crippen molar-refractivity contribution in [3.8, 4) is 5.75 Å². The van der Waals surface area contributed by atoms with Crippen molar-refractivity contribution in [1.82, 2.24) is 5.32 Å². The van der Waals surface area contributed by atoms with Gasteiger partial charge >= 0.3 is 12.0 Å². The van der Waals surface area contributed by atoms with Gasteiger partial charge in [-0.3, -0.25) is 0 Å². The molecule has 7 heteroatoms. The number of carboxylic acids is 1. The van der Waals surface area contributed by atoms with Crippen LogP contribution in [0, 0.1) is 5.92 Å². The van der Waals surface area contributed by atoms with Crippen LogP contribution in [0.1, 0.15) is 20.3 Å². The lowest BCUT2D eigenvalue weighted by Gasteiger charge is -2.17. The van der Waals surface area contributed by atoms with Gasteiger partial charge in [0.15, 0.2) is 0 Å². The standard InChI is InChI=1S/C14H19BrN2O4/c1-8(2)4-12(13(18)19)17-14(20)16-10-5-9(15)6-11(7-10)21-3/h5-8,12H,4H2,1-3H3,(H,18,19)(H2,16,17,20)/t12-/m1/s1. The number of hydrogen-bond acceptors (Lipinski definition) is 3. The van der Waals surface area contributed by atoms with E-state index in [4.69, 9.17) is 9.84 Å². The van der Waals surface area contributed by atoms with E-state index >= 15 is 0 Å². The summed E-state index contributed by atoms with van der Waals surface area (Å²) >= 11 is 3.30. The van der Waals surface area contributed by atoms with Crippen LogP contribution >= 0.6 is 15.9 Å². The van der Waals surface area contributed by atoms with E-state index < -0.39 is 18.0 Å². The molecule has 2 amide bonds. The largest absolute Gasteiger partial charge is 0.497 e. The van der Waals surface area contributed by atoms with Gasteiger partial charge in [-0.1, -0.05) is 29.8 Å². The molecule has 6 nitrogen and oxygen atoms in total. The highest BCUT2D eigenvalue weighted by atomic mass is 79.9. The average Bonchev–Trinajstić information content (AvgIpc) is 2.36. The fourth-order valence-corrected chi connectivity index (χ4v) is 2.24. The molecule has 0 radical (unpaired) electrons. The smallest absolute Gasteiger partial charge is 0.326 e. The van der Waals surface area contributed by atoms with Gasteiger partial charge < -0.3 is 20.5 Å². The van der Waals surface area contributed by atoms with Crippen LogP contribution in [0.15, 0.2) is 22.7 Å². The molecule has 1 aromatic carbocycles. The van der Waals surface area contributed by atoms with Gasteiger partial charge in [0.25, 0.3) is 0 Å². The number of halogens is 1. The van der Waals surface area contributed by atoms with E-state index in [0.29, 0.717) is 17.9 Å². The van der Waals surface area contributed by atoms with Crippen molar-refractivity contribution in [2.24, 2.45) is 5.92 Å². The number of carboxylic acid groups (broad SMARTS) is 1. The number of ether oxygens (including phenoxy) is 1. The summed E-state index contributed by atoms with van der Waals surface area (Å²) in [7, 11) is 1.52. The summed E-state index contributed by atoms with van der Waals surface area (Å²) < 4.78 is 5.84. The number of hydrogen-bond donors (Lipinski definition) is 3. The average molecular weight is 359 g/mol. The molecule has 0 heterocycles. The Labute approximate surface area is 132 Å². The van der Waals surface area contributed by atoms with Crippen molar-refractivity contribution in [3.63, 3.8) is 0 Å². The third kappa shape index (κ3) is 6.03. The third-order valence-corrected chi connectivity index (χ3v) is 3.13. The van der Waals surface area contributed by atoms with Crippen molar-refractivity contribution in [3.05, 3.63) is 22.7 Å². The van der Waals surface area contributed by atoms with Crippen LogP contribution in [-0.2, 0) is 4.79 Å². The highest BCUT2D eigenvalue weighted by Gasteiger charge is 2.21. The molecule has 0 saturated heterocycles. The van der Waals surface area contributed by atoms with E-state index in [-0.39, 0.29) is 5.92 Å². The van der Waals surface area contributed by atoms with Crippen LogP contribution in [0.3, 0.4) is 0 Å².